The first-order valence-corrected chi connectivity index (χ1v) is 10.6. The topological polar surface area (TPSA) is 66.9 Å². The number of carbonyl (C=O) groups is 1. The number of methoxy groups -OCH3 is 1. The van der Waals surface area contributed by atoms with Gasteiger partial charge in [0, 0.05) is 11.7 Å². The van der Waals surface area contributed by atoms with Crippen LogP contribution in [0.4, 0.5) is 11.4 Å². The lowest BCUT2D eigenvalue weighted by Gasteiger charge is -2.33. The van der Waals surface area contributed by atoms with Crippen molar-refractivity contribution in [2.75, 3.05) is 22.6 Å². The van der Waals surface area contributed by atoms with Gasteiger partial charge in [-0.3, -0.25) is 9.10 Å². The zero-order chi connectivity index (χ0) is 19.8. The number of anilines is 2. The molecule has 0 N–H and O–H groups in total. The maximum Gasteiger partial charge on any atom is 0.250 e. The van der Waals surface area contributed by atoms with Gasteiger partial charge in [-0.2, -0.15) is 0 Å². The van der Waals surface area contributed by atoms with E-state index in [1.54, 1.807) is 43.2 Å². The summed E-state index contributed by atoms with van der Waals surface area (Å²) in [6, 6.07) is 13.5. The van der Waals surface area contributed by atoms with Gasteiger partial charge in [-0.1, -0.05) is 18.2 Å². The summed E-state index contributed by atoms with van der Waals surface area (Å²) < 4.78 is 31.3. The van der Waals surface area contributed by atoms with E-state index in [0.717, 1.165) is 23.9 Å². The number of fused-ring (bicyclic) bond motifs is 1. The van der Waals surface area contributed by atoms with Gasteiger partial charge in [-0.05, 0) is 56.2 Å². The van der Waals surface area contributed by atoms with E-state index in [9.17, 15) is 13.2 Å². The Morgan fingerprint density at radius 2 is 1.81 bits per heavy atom. The number of hydrogen-bond donors (Lipinski definition) is 0. The van der Waals surface area contributed by atoms with Crippen molar-refractivity contribution >= 4 is 27.3 Å². The standard InChI is InChI=1S/C20H24N2O4S/c1-14-13-16-7-5-6-8-19(16)21(14)20(23)15(2)22(27(4,24)25)17-9-11-18(26-3)12-10-17/h5-12,14-15H,13H2,1-4H3. The van der Waals surface area contributed by atoms with Gasteiger partial charge in [0.05, 0.1) is 19.1 Å². The van der Waals surface area contributed by atoms with Crippen LogP contribution in [0.25, 0.3) is 0 Å². The maximum absolute atomic E-state index is 13.3. The molecule has 0 saturated heterocycles. The van der Waals surface area contributed by atoms with Crippen LogP contribution in [0.3, 0.4) is 0 Å². The van der Waals surface area contributed by atoms with Crippen molar-refractivity contribution in [1.29, 1.82) is 0 Å². The molecule has 2 aromatic rings. The van der Waals surface area contributed by atoms with Crippen molar-refractivity contribution in [2.45, 2.75) is 32.4 Å². The normalized spacial score (nSPS) is 17.3. The second-order valence-electron chi connectivity index (χ2n) is 6.82. The lowest BCUT2D eigenvalue weighted by atomic mass is 10.1. The highest BCUT2D eigenvalue weighted by atomic mass is 32.2. The first kappa shape index (κ1) is 19.2. The zero-order valence-corrected chi connectivity index (χ0v) is 16.7. The van der Waals surface area contributed by atoms with Crippen molar-refractivity contribution < 1.29 is 17.9 Å². The van der Waals surface area contributed by atoms with Crippen LogP contribution in [-0.2, 0) is 21.2 Å². The van der Waals surface area contributed by atoms with E-state index in [-0.39, 0.29) is 11.9 Å². The molecular weight excluding hydrogens is 364 g/mol. The van der Waals surface area contributed by atoms with Crippen molar-refractivity contribution in [3.05, 3.63) is 54.1 Å². The van der Waals surface area contributed by atoms with Gasteiger partial charge in [0.15, 0.2) is 0 Å². The number of nitrogens with zero attached hydrogens (tertiary/aromatic N) is 2. The summed E-state index contributed by atoms with van der Waals surface area (Å²) in [4.78, 5) is 15.0. The summed E-state index contributed by atoms with van der Waals surface area (Å²) in [6.45, 7) is 3.60. The van der Waals surface area contributed by atoms with Gasteiger partial charge in [0.2, 0.25) is 10.0 Å². The van der Waals surface area contributed by atoms with Crippen LogP contribution in [0.5, 0.6) is 5.75 Å². The van der Waals surface area contributed by atoms with Crippen molar-refractivity contribution in [3.8, 4) is 5.75 Å². The molecule has 27 heavy (non-hydrogen) atoms. The molecule has 0 radical (unpaired) electrons. The number of amides is 1. The van der Waals surface area contributed by atoms with Crippen LogP contribution in [0.2, 0.25) is 0 Å². The van der Waals surface area contributed by atoms with Crippen LogP contribution < -0.4 is 13.9 Å². The van der Waals surface area contributed by atoms with E-state index in [1.807, 2.05) is 31.2 Å². The molecule has 144 valence electrons. The second kappa shape index (κ2) is 7.23. The zero-order valence-electron chi connectivity index (χ0n) is 15.9. The highest BCUT2D eigenvalue weighted by Crippen LogP contribution is 2.34. The predicted octanol–water partition coefficient (Wildman–Crippen LogP) is 2.83. The molecule has 1 heterocycles. The van der Waals surface area contributed by atoms with E-state index < -0.39 is 16.1 Å². The first-order valence-electron chi connectivity index (χ1n) is 8.78. The summed E-state index contributed by atoms with van der Waals surface area (Å²) >= 11 is 0. The second-order valence-corrected chi connectivity index (χ2v) is 8.68. The molecule has 3 rings (SSSR count). The SMILES string of the molecule is COc1ccc(N(C(C)C(=O)N2c3ccccc3CC2C)S(C)(=O)=O)cc1. The lowest BCUT2D eigenvalue weighted by Crippen LogP contribution is -2.51. The monoisotopic (exact) mass is 388 g/mol. The molecule has 0 aromatic heterocycles. The van der Waals surface area contributed by atoms with E-state index in [4.69, 9.17) is 4.74 Å². The fraction of sp³-hybridized carbons (Fsp3) is 0.350. The molecular formula is C20H24N2O4S. The Morgan fingerprint density at radius 1 is 1.19 bits per heavy atom. The molecule has 0 bridgehead atoms. The van der Waals surface area contributed by atoms with Gasteiger partial charge in [0.1, 0.15) is 11.8 Å². The predicted molar refractivity (Wildman–Crippen MR) is 107 cm³/mol. The number of ether oxygens (including phenoxy) is 1. The summed E-state index contributed by atoms with van der Waals surface area (Å²) in [5, 5.41) is 0. The van der Waals surface area contributed by atoms with E-state index in [0.29, 0.717) is 11.4 Å². The Balaban J connectivity index is 1.97. The maximum atomic E-state index is 13.3. The summed E-state index contributed by atoms with van der Waals surface area (Å²) in [5.41, 5.74) is 2.38. The Morgan fingerprint density at radius 3 is 2.41 bits per heavy atom. The Labute approximate surface area is 160 Å². The molecule has 1 aliphatic rings. The average molecular weight is 388 g/mol. The minimum Gasteiger partial charge on any atom is -0.497 e. The third-order valence-electron chi connectivity index (χ3n) is 4.84. The summed E-state index contributed by atoms with van der Waals surface area (Å²) in [7, 11) is -2.12. The largest absolute Gasteiger partial charge is 0.497 e. The number of sulfonamides is 1. The first-order chi connectivity index (χ1) is 12.7. The molecule has 2 atom stereocenters. The van der Waals surface area contributed by atoms with Gasteiger partial charge in [-0.25, -0.2) is 8.42 Å². The fourth-order valence-electron chi connectivity index (χ4n) is 3.63. The molecule has 1 aliphatic heterocycles. The van der Waals surface area contributed by atoms with Crippen LogP contribution >= 0.6 is 0 Å². The minimum atomic E-state index is -3.66. The van der Waals surface area contributed by atoms with Gasteiger partial charge < -0.3 is 9.64 Å². The molecule has 7 heteroatoms. The van der Waals surface area contributed by atoms with Crippen LogP contribution in [0.15, 0.2) is 48.5 Å². The summed E-state index contributed by atoms with van der Waals surface area (Å²) in [6.07, 6.45) is 1.87. The molecule has 0 spiro atoms. The van der Waals surface area contributed by atoms with Crippen LogP contribution in [-0.4, -0.2) is 39.8 Å². The third kappa shape index (κ3) is 3.64. The number of hydrogen-bond acceptors (Lipinski definition) is 4. The van der Waals surface area contributed by atoms with E-state index in [2.05, 4.69) is 0 Å². The van der Waals surface area contributed by atoms with Crippen molar-refractivity contribution in [2.24, 2.45) is 0 Å². The molecule has 2 aromatic carbocycles. The van der Waals surface area contributed by atoms with E-state index in [1.165, 1.54) is 4.31 Å². The quantitative estimate of drug-likeness (QED) is 0.790. The highest BCUT2D eigenvalue weighted by Gasteiger charge is 2.37. The number of carbonyl (C=O) groups excluding carboxylic acids is 1. The summed E-state index contributed by atoms with van der Waals surface area (Å²) in [5.74, 6) is 0.377. The average Bonchev–Trinajstić information content (AvgIpc) is 2.96. The smallest absolute Gasteiger partial charge is 0.250 e. The van der Waals surface area contributed by atoms with Crippen molar-refractivity contribution in [1.82, 2.24) is 0 Å². The molecule has 0 aliphatic carbocycles. The lowest BCUT2D eigenvalue weighted by molar-refractivity contribution is -0.119. The van der Waals surface area contributed by atoms with Crippen molar-refractivity contribution in [3.63, 3.8) is 0 Å². The van der Waals surface area contributed by atoms with E-state index >= 15 is 0 Å². The number of rotatable bonds is 5. The number of benzene rings is 2. The highest BCUT2D eigenvalue weighted by molar-refractivity contribution is 7.92. The third-order valence-corrected chi connectivity index (χ3v) is 6.08. The Hall–Kier alpha value is -2.54. The van der Waals surface area contributed by atoms with Gasteiger partial charge in [-0.15, -0.1) is 0 Å². The molecule has 6 nitrogen and oxygen atoms in total. The molecule has 0 saturated carbocycles. The Bertz CT molecular complexity index is 941. The molecule has 2 unspecified atom stereocenters. The van der Waals surface area contributed by atoms with Gasteiger partial charge in [0.25, 0.3) is 5.91 Å². The fourth-order valence-corrected chi connectivity index (χ4v) is 4.80. The Kier molecular flexibility index (Phi) is 5.15. The van der Waals surface area contributed by atoms with Crippen LogP contribution in [0.1, 0.15) is 19.4 Å². The number of para-hydroxylation sites is 1. The van der Waals surface area contributed by atoms with Gasteiger partial charge >= 0.3 is 0 Å². The minimum absolute atomic E-state index is 0.0189. The van der Waals surface area contributed by atoms with Crippen LogP contribution in [0, 0.1) is 0 Å². The molecule has 1 amide bonds. The molecule has 0 fully saturated rings.